The summed E-state index contributed by atoms with van der Waals surface area (Å²) >= 11 is 3.36. The highest BCUT2D eigenvalue weighted by atomic mass is 32.2. The minimum absolute atomic E-state index is 0.184. The highest BCUT2D eigenvalue weighted by Crippen LogP contribution is 2.33. The van der Waals surface area contributed by atoms with Crippen molar-refractivity contribution >= 4 is 27.9 Å². The highest BCUT2D eigenvalue weighted by Gasteiger charge is 2.20. The number of rotatable bonds is 1. The maximum atomic E-state index is 4.26. The van der Waals surface area contributed by atoms with Crippen molar-refractivity contribution in [2.45, 2.75) is 5.37 Å². The smallest absolute Gasteiger partial charge is 0.152 e. The Balaban J connectivity index is 2.07. The summed E-state index contributed by atoms with van der Waals surface area (Å²) in [4.78, 5) is 4.26. The van der Waals surface area contributed by atoms with Gasteiger partial charge in [0.1, 0.15) is 5.37 Å². The average molecular weight is 211 g/mol. The van der Waals surface area contributed by atoms with Crippen molar-refractivity contribution in [2.24, 2.45) is 5.10 Å². The van der Waals surface area contributed by atoms with E-state index < -0.39 is 0 Å². The van der Waals surface area contributed by atoms with Crippen LogP contribution < -0.4 is 5.43 Å². The molecule has 0 saturated heterocycles. The first kappa shape index (κ1) is 8.90. The third-order valence-corrected chi connectivity index (χ3v) is 3.73. The number of hydrogen-bond donors (Lipinski definition) is 1. The third kappa shape index (κ3) is 1.97. The van der Waals surface area contributed by atoms with E-state index >= 15 is 0 Å². The second-order valence-electron chi connectivity index (χ2n) is 2.46. The Bertz CT molecular complexity index is 312. The van der Waals surface area contributed by atoms with Crippen LogP contribution in [0.15, 0.2) is 29.5 Å². The first-order valence-corrected chi connectivity index (χ1v) is 5.95. The number of pyridine rings is 1. The molecule has 0 unspecified atom stereocenters. The second-order valence-corrected chi connectivity index (χ2v) is 4.61. The first-order chi connectivity index (χ1) is 6.40. The molecule has 13 heavy (non-hydrogen) atoms. The number of hydrazone groups is 1. The molecule has 1 atom stereocenters. The van der Waals surface area contributed by atoms with Crippen LogP contribution >= 0.6 is 23.5 Å². The fourth-order valence-electron chi connectivity index (χ4n) is 1.02. The van der Waals surface area contributed by atoms with Crippen LogP contribution in [0.25, 0.3) is 0 Å². The van der Waals surface area contributed by atoms with Gasteiger partial charge in [-0.15, -0.1) is 11.8 Å². The highest BCUT2D eigenvalue weighted by molar-refractivity contribution is 8.38. The number of aromatic nitrogens is 1. The number of nitrogens with zero attached hydrogens (tertiary/aromatic N) is 2. The average Bonchev–Trinajstić information content (AvgIpc) is 2.67. The lowest BCUT2D eigenvalue weighted by atomic mass is 10.3. The fourth-order valence-corrected chi connectivity index (χ4v) is 2.51. The van der Waals surface area contributed by atoms with E-state index in [9.17, 15) is 0 Å². The molecular formula is C8H9N3S2. The molecule has 1 N–H and O–H groups in total. The molecule has 2 rings (SSSR count). The molecule has 2 heterocycles. The van der Waals surface area contributed by atoms with Gasteiger partial charge in [-0.2, -0.15) is 5.10 Å². The Morgan fingerprint density at radius 2 is 2.46 bits per heavy atom. The lowest BCUT2D eigenvalue weighted by Crippen LogP contribution is -2.07. The van der Waals surface area contributed by atoms with Gasteiger partial charge in [-0.3, -0.25) is 10.4 Å². The topological polar surface area (TPSA) is 37.3 Å². The molecule has 0 radical (unpaired) electrons. The molecule has 0 saturated carbocycles. The van der Waals surface area contributed by atoms with Crippen molar-refractivity contribution < 1.29 is 0 Å². The van der Waals surface area contributed by atoms with Gasteiger partial charge in [-0.25, -0.2) is 0 Å². The van der Waals surface area contributed by atoms with E-state index in [4.69, 9.17) is 0 Å². The van der Waals surface area contributed by atoms with Crippen LogP contribution in [0.5, 0.6) is 0 Å². The molecule has 1 aromatic heterocycles. The molecule has 0 aliphatic carbocycles. The van der Waals surface area contributed by atoms with Gasteiger partial charge in [0, 0.05) is 6.20 Å². The lowest BCUT2D eigenvalue weighted by Gasteiger charge is -2.06. The van der Waals surface area contributed by atoms with Gasteiger partial charge in [0.15, 0.2) is 4.38 Å². The monoisotopic (exact) mass is 211 g/mol. The largest absolute Gasteiger partial charge is 0.289 e. The standard InChI is InChI=1S/C8H9N3S2/c1-12-8-11-10-7(13-8)6-4-2-3-5-9-6/h2-5,7,10H,1H3/t7-/m0/s1. The van der Waals surface area contributed by atoms with E-state index in [1.54, 1.807) is 29.7 Å². The second kappa shape index (κ2) is 4.02. The zero-order valence-electron chi connectivity index (χ0n) is 7.10. The normalized spacial score (nSPS) is 21.0. The third-order valence-electron chi connectivity index (χ3n) is 1.62. The summed E-state index contributed by atoms with van der Waals surface area (Å²) in [7, 11) is 0. The van der Waals surface area contributed by atoms with E-state index in [0.29, 0.717) is 0 Å². The Morgan fingerprint density at radius 3 is 3.08 bits per heavy atom. The van der Waals surface area contributed by atoms with Crippen molar-refractivity contribution in [2.75, 3.05) is 6.26 Å². The summed E-state index contributed by atoms with van der Waals surface area (Å²) in [5, 5.41) is 4.35. The zero-order chi connectivity index (χ0) is 9.10. The van der Waals surface area contributed by atoms with Gasteiger partial charge in [0.25, 0.3) is 0 Å². The van der Waals surface area contributed by atoms with Crippen LogP contribution in [-0.2, 0) is 0 Å². The molecule has 0 amide bonds. The molecule has 1 aliphatic heterocycles. The van der Waals surface area contributed by atoms with Crippen molar-refractivity contribution in [3.05, 3.63) is 30.1 Å². The minimum atomic E-state index is 0.184. The Kier molecular flexibility index (Phi) is 2.75. The summed E-state index contributed by atoms with van der Waals surface area (Å²) < 4.78 is 1.07. The van der Waals surface area contributed by atoms with Gasteiger partial charge in [-0.1, -0.05) is 17.8 Å². The van der Waals surface area contributed by atoms with Crippen LogP contribution in [0.4, 0.5) is 0 Å². The number of thioether (sulfide) groups is 2. The maximum Gasteiger partial charge on any atom is 0.152 e. The van der Waals surface area contributed by atoms with Gasteiger partial charge in [0.05, 0.1) is 5.69 Å². The van der Waals surface area contributed by atoms with Crippen LogP contribution in [0.3, 0.4) is 0 Å². The SMILES string of the molecule is CSC1=NN[C@H](c2ccccn2)S1. The molecule has 1 aliphatic rings. The number of hydrogen-bond acceptors (Lipinski definition) is 5. The minimum Gasteiger partial charge on any atom is -0.289 e. The van der Waals surface area contributed by atoms with Crippen LogP contribution in [0, 0.1) is 0 Å². The molecule has 0 fully saturated rings. The summed E-state index contributed by atoms with van der Waals surface area (Å²) in [6.07, 6.45) is 3.82. The summed E-state index contributed by atoms with van der Waals surface area (Å²) in [6, 6.07) is 5.91. The van der Waals surface area contributed by atoms with E-state index in [2.05, 4.69) is 15.5 Å². The molecular weight excluding hydrogens is 202 g/mol. The van der Waals surface area contributed by atoms with E-state index in [-0.39, 0.29) is 5.37 Å². The maximum absolute atomic E-state index is 4.26. The number of nitrogens with one attached hydrogen (secondary N) is 1. The summed E-state index contributed by atoms with van der Waals surface area (Å²) in [6.45, 7) is 0. The van der Waals surface area contributed by atoms with Crippen molar-refractivity contribution in [1.82, 2.24) is 10.4 Å². The molecule has 68 valence electrons. The quantitative estimate of drug-likeness (QED) is 0.771. The molecule has 1 aromatic rings. The molecule has 5 heteroatoms. The fraction of sp³-hybridized carbons (Fsp3) is 0.250. The zero-order valence-corrected chi connectivity index (χ0v) is 8.73. The van der Waals surface area contributed by atoms with Gasteiger partial charge >= 0.3 is 0 Å². The van der Waals surface area contributed by atoms with Gasteiger partial charge in [-0.05, 0) is 18.4 Å². The van der Waals surface area contributed by atoms with E-state index in [1.165, 1.54) is 0 Å². The van der Waals surface area contributed by atoms with E-state index in [0.717, 1.165) is 10.1 Å². The Morgan fingerprint density at radius 1 is 1.54 bits per heavy atom. The lowest BCUT2D eigenvalue weighted by molar-refractivity contribution is 0.725. The van der Waals surface area contributed by atoms with Crippen molar-refractivity contribution in [3.8, 4) is 0 Å². The van der Waals surface area contributed by atoms with Crippen LogP contribution in [0.1, 0.15) is 11.1 Å². The molecule has 3 nitrogen and oxygen atoms in total. The predicted molar refractivity (Wildman–Crippen MR) is 58.7 cm³/mol. The summed E-state index contributed by atoms with van der Waals surface area (Å²) in [5.41, 5.74) is 4.07. The van der Waals surface area contributed by atoms with Crippen molar-refractivity contribution in [1.29, 1.82) is 0 Å². The van der Waals surface area contributed by atoms with Crippen molar-refractivity contribution in [3.63, 3.8) is 0 Å². The Labute approximate surface area is 85.4 Å². The Hall–Kier alpha value is -0.680. The molecule has 0 aromatic carbocycles. The van der Waals surface area contributed by atoms with E-state index in [1.807, 2.05) is 24.5 Å². The predicted octanol–water partition coefficient (Wildman–Crippen LogP) is 2.05. The van der Waals surface area contributed by atoms with Gasteiger partial charge in [0.2, 0.25) is 0 Å². The molecule has 0 spiro atoms. The van der Waals surface area contributed by atoms with Crippen LogP contribution in [-0.4, -0.2) is 15.6 Å². The van der Waals surface area contributed by atoms with Crippen LogP contribution in [0.2, 0.25) is 0 Å². The van der Waals surface area contributed by atoms with Gasteiger partial charge < -0.3 is 0 Å². The molecule has 0 bridgehead atoms. The first-order valence-electron chi connectivity index (χ1n) is 3.85. The summed E-state index contributed by atoms with van der Waals surface area (Å²) in [5.74, 6) is 0.